The summed E-state index contributed by atoms with van der Waals surface area (Å²) >= 11 is 0. The van der Waals surface area contributed by atoms with Gasteiger partial charge < -0.3 is 28.8 Å². The number of hydrogen-bond acceptors (Lipinski definition) is 6. The zero-order valence-corrected chi connectivity index (χ0v) is 46.5. The molecule has 0 aromatic carbocycles. The molecule has 0 bridgehead atoms. The van der Waals surface area contributed by atoms with Gasteiger partial charge in [-0.05, 0) is 70.6 Å². The molecule has 9 heteroatoms. The van der Waals surface area contributed by atoms with Crippen molar-refractivity contribution in [2.75, 3.05) is 40.9 Å². The van der Waals surface area contributed by atoms with Gasteiger partial charge in [-0.2, -0.15) is 0 Å². The molecule has 400 valence electrons. The lowest BCUT2D eigenvalue weighted by atomic mass is 10.0. The fourth-order valence-corrected chi connectivity index (χ4v) is 9.14. The summed E-state index contributed by atoms with van der Waals surface area (Å²) in [6, 6.07) is -0.909. The predicted molar refractivity (Wildman–Crippen MR) is 293 cm³/mol. The van der Waals surface area contributed by atoms with E-state index in [4.69, 9.17) is 9.05 Å². The Kier molecular flexibility index (Phi) is 49.3. The lowest BCUT2D eigenvalue weighted by molar-refractivity contribution is -0.870. The van der Waals surface area contributed by atoms with Crippen molar-refractivity contribution in [1.29, 1.82) is 0 Å². The quantitative estimate of drug-likeness (QED) is 0.0272. The molecule has 0 saturated heterocycles. The Morgan fingerprint density at radius 3 is 1.21 bits per heavy atom. The molecule has 0 aliphatic rings. The number of unbranched alkanes of at least 4 members (excludes halogenated alkanes) is 34. The van der Waals surface area contributed by atoms with Gasteiger partial charge in [-0.3, -0.25) is 9.36 Å². The molecule has 0 heterocycles. The summed E-state index contributed by atoms with van der Waals surface area (Å²) in [6.07, 6.45) is 66.4. The molecule has 0 aromatic heterocycles. The van der Waals surface area contributed by atoms with Gasteiger partial charge in [0, 0.05) is 6.42 Å². The van der Waals surface area contributed by atoms with E-state index in [0.29, 0.717) is 17.4 Å². The van der Waals surface area contributed by atoms with Crippen LogP contribution in [0.25, 0.3) is 0 Å². The van der Waals surface area contributed by atoms with Crippen LogP contribution in [0.15, 0.2) is 48.6 Å². The van der Waals surface area contributed by atoms with Crippen molar-refractivity contribution in [3.8, 4) is 0 Å². The van der Waals surface area contributed by atoms with E-state index in [9.17, 15) is 19.4 Å². The number of carbonyl (C=O) groups is 1. The number of phosphoric acid groups is 1. The largest absolute Gasteiger partial charge is 0.756 e. The predicted octanol–water partition coefficient (Wildman–Crippen LogP) is 16.9. The third-order valence-electron chi connectivity index (χ3n) is 13.0. The summed E-state index contributed by atoms with van der Waals surface area (Å²) in [6.45, 7) is 4.61. The van der Waals surface area contributed by atoms with Crippen LogP contribution < -0.4 is 10.2 Å². The summed E-state index contributed by atoms with van der Waals surface area (Å²) in [7, 11) is 1.24. The lowest BCUT2D eigenvalue weighted by Crippen LogP contribution is -2.45. The first-order valence-corrected chi connectivity index (χ1v) is 30.5. The van der Waals surface area contributed by atoms with Crippen molar-refractivity contribution < 1.29 is 32.9 Å². The smallest absolute Gasteiger partial charge is 0.268 e. The van der Waals surface area contributed by atoms with Crippen molar-refractivity contribution in [3.05, 3.63) is 48.6 Å². The third kappa shape index (κ3) is 52.3. The maximum Gasteiger partial charge on any atom is 0.268 e. The second kappa shape index (κ2) is 50.4. The second-order valence-electron chi connectivity index (χ2n) is 21.0. The Morgan fingerprint density at radius 2 is 0.824 bits per heavy atom. The van der Waals surface area contributed by atoms with Crippen molar-refractivity contribution in [1.82, 2.24) is 5.32 Å². The van der Waals surface area contributed by atoms with Crippen LogP contribution in [0, 0.1) is 0 Å². The number of nitrogens with zero attached hydrogens (tertiary/aromatic N) is 1. The molecule has 0 fully saturated rings. The standard InChI is InChI=1S/C59H113N2O6P/c1-6-8-10-12-14-16-18-20-22-23-24-25-26-27-28-29-30-31-32-33-34-35-36-37-38-39-41-43-45-47-49-51-53-59(63)60-57(56-67-68(64,65)66-55-54-61(3,4)5)58(62)52-50-48-46-44-42-40-21-19-17-15-13-11-9-7-2/h17,19,27-28,42,44,50,52,57-58,62H,6-16,18,20-26,29-41,43,45-49,51,53-56H2,1-5H3,(H-,60,63,64,65)/b19-17+,28-27-,44-42+,52-50+. The van der Waals surface area contributed by atoms with Crippen LogP contribution in [0.1, 0.15) is 271 Å². The van der Waals surface area contributed by atoms with E-state index < -0.39 is 26.6 Å². The minimum atomic E-state index is -4.60. The van der Waals surface area contributed by atoms with Crippen molar-refractivity contribution in [3.63, 3.8) is 0 Å². The van der Waals surface area contributed by atoms with E-state index >= 15 is 0 Å². The van der Waals surface area contributed by atoms with Gasteiger partial charge in [0.15, 0.2) is 0 Å². The number of aliphatic hydroxyl groups is 1. The number of carbonyl (C=O) groups excluding carboxylic acids is 1. The molecule has 0 radical (unpaired) electrons. The highest BCUT2D eigenvalue weighted by Gasteiger charge is 2.23. The molecule has 0 spiro atoms. The number of allylic oxidation sites excluding steroid dienone is 7. The lowest BCUT2D eigenvalue weighted by Gasteiger charge is -2.29. The SMILES string of the molecule is CCCCCC/C=C/CC/C=C/CC/C=C/C(O)C(COP(=O)([O-])OCC[N+](C)(C)C)NC(=O)CCCCCCCCCCCCCCCCCC/C=C\CCCCCCCCCCCCCC. The Balaban J connectivity index is 4.06. The van der Waals surface area contributed by atoms with Gasteiger partial charge in [-0.15, -0.1) is 0 Å². The fraction of sp³-hybridized carbons (Fsp3) is 0.847. The van der Waals surface area contributed by atoms with E-state index in [0.717, 1.165) is 51.4 Å². The molecule has 3 atom stereocenters. The molecule has 8 nitrogen and oxygen atoms in total. The third-order valence-corrected chi connectivity index (χ3v) is 14.0. The zero-order valence-electron chi connectivity index (χ0n) is 45.6. The number of nitrogens with one attached hydrogen (secondary N) is 1. The average Bonchev–Trinajstić information content (AvgIpc) is 3.30. The van der Waals surface area contributed by atoms with Crippen LogP contribution in [0.2, 0.25) is 0 Å². The zero-order chi connectivity index (χ0) is 49.9. The van der Waals surface area contributed by atoms with E-state index in [1.807, 2.05) is 27.2 Å². The van der Waals surface area contributed by atoms with E-state index in [1.165, 1.54) is 199 Å². The minimum absolute atomic E-state index is 0.00894. The van der Waals surface area contributed by atoms with Crippen molar-refractivity contribution in [2.24, 2.45) is 0 Å². The normalized spacial score (nSPS) is 14.3. The average molecular weight is 978 g/mol. The molecule has 1 amide bonds. The van der Waals surface area contributed by atoms with Crippen LogP contribution in [0.4, 0.5) is 0 Å². The van der Waals surface area contributed by atoms with Crippen LogP contribution in [-0.2, 0) is 18.4 Å². The van der Waals surface area contributed by atoms with Gasteiger partial charge in [0.25, 0.3) is 7.82 Å². The van der Waals surface area contributed by atoms with Gasteiger partial charge in [0.2, 0.25) is 5.91 Å². The summed E-state index contributed by atoms with van der Waals surface area (Å²) in [4.78, 5) is 25.4. The summed E-state index contributed by atoms with van der Waals surface area (Å²) in [5.41, 5.74) is 0. The minimum Gasteiger partial charge on any atom is -0.756 e. The maximum atomic E-state index is 12.9. The first-order chi connectivity index (χ1) is 33.0. The van der Waals surface area contributed by atoms with Gasteiger partial charge in [0.05, 0.1) is 39.9 Å². The highest BCUT2D eigenvalue weighted by atomic mass is 31.2. The molecule has 68 heavy (non-hydrogen) atoms. The van der Waals surface area contributed by atoms with Crippen molar-refractivity contribution in [2.45, 2.75) is 283 Å². The fourth-order valence-electron chi connectivity index (χ4n) is 8.42. The molecule has 0 aliphatic heterocycles. The van der Waals surface area contributed by atoms with Crippen molar-refractivity contribution >= 4 is 13.7 Å². The second-order valence-corrected chi connectivity index (χ2v) is 22.4. The molecule has 0 aliphatic carbocycles. The maximum absolute atomic E-state index is 12.9. The van der Waals surface area contributed by atoms with Crippen LogP contribution in [0.5, 0.6) is 0 Å². The van der Waals surface area contributed by atoms with Crippen LogP contribution in [0.3, 0.4) is 0 Å². The Labute approximate surface area is 422 Å². The molecule has 0 rings (SSSR count). The van der Waals surface area contributed by atoms with E-state index in [1.54, 1.807) is 6.08 Å². The highest BCUT2D eigenvalue weighted by Crippen LogP contribution is 2.38. The molecular weight excluding hydrogens is 864 g/mol. The van der Waals surface area contributed by atoms with E-state index in [-0.39, 0.29) is 12.5 Å². The molecule has 2 N–H and O–H groups in total. The van der Waals surface area contributed by atoms with Gasteiger partial charge >= 0.3 is 0 Å². The topological polar surface area (TPSA) is 108 Å². The van der Waals surface area contributed by atoms with Gasteiger partial charge in [-0.1, -0.05) is 242 Å². The summed E-state index contributed by atoms with van der Waals surface area (Å²) in [5.74, 6) is -0.210. The summed E-state index contributed by atoms with van der Waals surface area (Å²) in [5, 5.41) is 13.8. The monoisotopic (exact) mass is 977 g/mol. The molecule has 3 unspecified atom stereocenters. The number of rotatable bonds is 53. The first kappa shape index (κ1) is 66.5. The number of phosphoric ester groups is 1. The Hall–Kier alpha value is -1.54. The number of quaternary nitrogens is 1. The number of amides is 1. The van der Waals surface area contributed by atoms with Crippen LogP contribution in [-0.4, -0.2) is 68.5 Å². The molecular formula is C59H113N2O6P. The first-order valence-electron chi connectivity index (χ1n) is 29.0. The molecule has 0 aromatic rings. The Bertz CT molecular complexity index is 1250. The van der Waals surface area contributed by atoms with Crippen LogP contribution >= 0.6 is 7.82 Å². The van der Waals surface area contributed by atoms with Gasteiger partial charge in [0.1, 0.15) is 13.2 Å². The molecule has 0 saturated carbocycles. The van der Waals surface area contributed by atoms with Gasteiger partial charge in [-0.25, -0.2) is 0 Å². The number of hydrogen-bond donors (Lipinski definition) is 2. The highest BCUT2D eigenvalue weighted by molar-refractivity contribution is 7.45. The van der Waals surface area contributed by atoms with E-state index in [2.05, 4.69) is 55.6 Å². The number of likely N-dealkylation sites (N-methyl/N-ethyl adjacent to an activating group) is 1. The Morgan fingerprint density at radius 1 is 0.500 bits per heavy atom. The summed E-state index contributed by atoms with van der Waals surface area (Å²) < 4.78 is 23.3. The number of aliphatic hydroxyl groups excluding tert-OH is 1.